The van der Waals surface area contributed by atoms with Gasteiger partial charge in [0.05, 0.1) is 6.04 Å². The fourth-order valence-corrected chi connectivity index (χ4v) is 5.13. The zero-order valence-corrected chi connectivity index (χ0v) is 21.0. The Hall–Kier alpha value is -2.76. The van der Waals surface area contributed by atoms with Crippen LogP contribution in [0.2, 0.25) is 0 Å². The number of benzene rings is 1. The maximum Gasteiger partial charge on any atom is 0.289 e. The molecule has 1 atom stereocenters. The fraction of sp³-hybridized carbons (Fsp3) is 0.556. The summed E-state index contributed by atoms with van der Waals surface area (Å²) in [5.74, 6) is 2.12. The molecule has 6 nitrogen and oxygen atoms in total. The minimum atomic E-state index is -0.137. The van der Waals surface area contributed by atoms with Gasteiger partial charge in [-0.2, -0.15) is 0 Å². The molecule has 0 spiro atoms. The van der Waals surface area contributed by atoms with E-state index in [1.807, 2.05) is 6.07 Å². The van der Waals surface area contributed by atoms with Gasteiger partial charge in [0.2, 0.25) is 5.91 Å². The highest BCUT2D eigenvalue weighted by atomic mass is 16.5. The lowest BCUT2D eigenvalue weighted by Crippen LogP contribution is -2.38. The molecule has 6 heteroatoms. The summed E-state index contributed by atoms with van der Waals surface area (Å²) in [6, 6.07) is 3.76. The molecule has 1 aromatic heterocycles. The molecule has 1 unspecified atom stereocenters. The Bertz CT molecular complexity index is 1100. The summed E-state index contributed by atoms with van der Waals surface area (Å²) in [4.78, 5) is 28.2. The lowest BCUT2D eigenvalue weighted by molar-refractivity contribution is -0.129. The normalized spacial score (nSPS) is 19.2. The molecule has 4 rings (SSSR count). The van der Waals surface area contributed by atoms with Crippen LogP contribution in [-0.4, -0.2) is 53.4 Å². The summed E-state index contributed by atoms with van der Waals surface area (Å²) in [7, 11) is 1.79. The Morgan fingerprint density at radius 3 is 2.58 bits per heavy atom. The van der Waals surface area contributed by atoms with E-state index in [2.05, 4.69) is 34.6 Å². The number of likely N-dealkylation sites (tertiary alicyclic amines) is 1. The molecule has 1 saturated heterocycles. The van der Waals surface area contributed by atoms with E-state index < -0.39 is 0 Å². The summed E-state index contributed by atoms with van der Waals surface area (Å²) < 4.78 is 12.4. The van der Waals surface area contributed by atoms with Crippen molar-refractivity contribution in [2.75, 3.05) is 20.1 Å². The van der Waals surface area contributed by atoms with Gasteiger partial charge in [0.1, 0.15) is 17.1 Å². The van der Waals surface area contributed by atoms with Crippen molar-refractivity contribution in [2.45, 2.75) is 78.9 Å². The molecular weight excluding hydrogens is 416 g/mol. The van der Waals surface area contributed by atoms with Crippen molar-refractivity contribution < 1.29 is 18.7 Å². The number of carbonyl (C=O) groups is 2. The summed E-state index contributed by atoms with van der Waals surface area (Å²) in [6.45, 7) is 13.5. The minimum Gasteiger partial charge on any atom is -0.487 e. The van der Waals surface area contributed by atoms with Crippen LogP contribution in [0.25, 0.3) is 0 Å². The minimum absolute atomic E-state index is 0.0228. The summed E-state index contributed by atoms with van der Waals surface area (Å²) in [5, 5.41) is 0. The molecule has 0 N–H and O–H groups in total. The van der Waals surface area contributed by atoms with Gasteiger partial charge in [-0.1, -0.05) is 0 Å². The van der Waals surface area contributed by atoms with Crippen molar-refractivity contribution in [3.05, 3.63) is 51.5 Å². The predicted molar refractivity (Wildman–Crippen MR) is 128 cm³/mol. The summed E-state index contributed by atoms with van der Waals surface area (Å²) in [6.07, 6.45) is 3.45. The molecule has 2 aliphatic heterocycles. The predicted octanol–water partition coefficient (Wildman–Crippen LogP) is 4.59. The van der Waals surface area contributed by atoms with Crippen molar-refractivity contribution in [2.24, 2.45) is 0 Å². The summed E-state index contributed by atoms with van der Waals surface area (Å²) in [5.41, 5.74) is 6.10. The molecule has 178 valence electrons. The van der Waals surface area contributed by atoms with Gasteiger partial charge in [0, 0.05) is 33.5 Å². The van der Waals surface area contributed by atoms with Crippen molar-refractivity contribution in [3.63, 3.8) is 0 Å². The average Bonchev–Trinajstić information content (AvgIpc) is 3.43. The van der Waals surface area contributed by atoms with E-state index >= 15 is 0 Å². The van der Waals surface area contributed by atoms with Crippen LogP contribution < -0.4 is 4.74 Å². The third-order valence-electron chi connectivity index (χ3n) is 7.61. The molecule has 0 radical (unpaired) electrons. The fourth-order valence-electron chi connectivity index (χ4n) is 5.13. The average molecular weight is 453 g/mol. The largest absolute Gasteiger partial charge is 0.487 e. The highest BCUT2D eigenvalue weighted by Gasteiger charge is 2.33. The number of ether oxygens (including phenoxy) is 1. The van der Waals surface area contributed by atoms with E-state index in [1.165, 1.54) is 27.8 Å². The number of nitrogens with zero attached hydrogens (tertiary/aromatic N) is 2. The van der Waals surface area contributed by atoms with Gasteiger partial charge in [-0.05, 0) is 93.8 Å². The van der Waals surface area contributed by atoms with E-state index in [4.69, 9.17) is 9.15 Å². The second-order valence-corrected chi connectivity index (χ2v) is 10.3. The van der Waals surface area contributed by atoms with Gasteiger partial charge in [-0.25, -0.2) is 0 Å². The van der Waals surface area contributed by atoms with Crippen LogP contribution in [0.4, 0.5) is 0 Å². The number of rotatable bonds is 4. The standard InChI is InChI=1S/C27H36N2O4/c1-16-17(2)25-22(10-12-27(5,6)33-25)18(3)23(16)14-21-8-9-24(32-21)26(31)29-13-11-20(15-29)28(7)19(4)30/h8-9,20H,10-15H2,1-7H3. The maximum absolute atomic E-state index is 13.0. The highest BCUT2D eigenvalue weighted by molar-refractivity contribution is 5.91. The number of carbonyl (C=O) groups excluding carboxylic acids is 2. The first-order valence-electron chi connectivity index (χ1n) is 11.9. The Labute approximate surface area is 196 Å². The van der Waals surface area contributed by atoms with Crippen LogP contribution in [0.15, 0.2) is 16.5 Å². The zero-order valence-electron chi connectivity index (χ0n) is 21.0. The number of likely N-dealkylation sites (N-methyl/N-ethyl adjacent to an activating group) is 1. The van der Waals surface area contributed by atoms with E-state index in [-0.39, 0.29) is 23.5 Å². The molecule has 0 aliphatic carbocycles. The molecule has 2 aliphatic rings. The monoisotopic (exact) mass is 452 g/mol. The van der Waals surface area contributed by atoms with Crippen molar-refractivity contribution in [3.8, 4) is 5.75 Å². The molecule has 2 aromatic rings. The molecule has 33 heavy (non-hydrogen) atoms. The van der Waals surface area contributed by atoms with Crippen LogP contribution in [-0.2, 0) is 17.6 Å². The second kappa shape index (κ2) is 8.54. The molecule has 2 amide bonds. The molecule has 0 saturated carbocycles. The number of hydrogen-bond donors (Lipinski definition) is 0. The van der Waals surface area contributed by atoms with E-state index in [0.29, 0.717) is 25.3 Å². The van der Waals surface area contributed by atoms with Gasteiger partial charge in [0.25, 0.3) is 5.91 Å². The first-order chi connectivity index (χ1) is 15.5. The highest BCUT2D eigenvalue weighted by Crippen LogP contribution is 2.41. The van der Waals surface area contributed by atoms with Crippen molar-refractivity contribution in [1.29, 1.82) is 0 Å². The van der Waals surface area contributed by atoms with Gasteiger partial charge in [0.15, 0.2) is 5.76 Å². The lowest BCUT2D eigenvalue weighted by atomic mass is 9.84. The van der Waals surface area contributed by atoms with Crippen molar-refractivity contribution in [1.82, 2.24) is 9.80 Å². The molecule has 1 fully saturated rings. The molecule has 1 aromatic carbocycles. The smallest absolute Gasteiger partial charge is 0.289 e. The number of amides is 2. The lowest BCUT2D eigenvalue weighted by Gasteiger charge is -2.35. The van der Waals surface area contributed by atoms with Crippen LogP contribution in [0.1, 0.15) is 77.7 Å². The molecular formula is C27H36N2O4. The molecule has 0 bridgehead atoms. The Morgan fingerprint density at radius 2 is 1.88 bits per heavy atom. The van der Waals surface area contributed by atoms with Gasteiger partial charge >= 0.3 is 0 Å². The zero-order chi connectivity index (χ0) is 24.1. The van der Waals surface area contributed by atoms with E-state index in [1.54, 1.807) is 29.8 Å². The topological polar surface area (TPSA) is 63.0 Å². The van der Waals surface area contributed by atoms with Crippen LogP contribution in [0.5, 0.6) is 5.75 Å². The van der Waals surface area contributed by atoms with Crippen molar-refractivity contribution >= 4 is 11.8 Å². The van der Waals surface area contributed by atoms with Crippen LogP contribution >= 0.6 is 0 Å². The quantitative estimate of drug-likeness (QED) is 0.681. The van der Waals surface area contributed by atoms with Crippen LogP contribution in [0.3, 0.4) is 0 Å². The number of hydrogen-bond acceptors (Lipinski definition) is 4. The summed E-state index contributed by atoms with van der Waals surface area (Å²) >= 11 is 0. The Kier molecular flexibility index (Phi) is 6.06. The number of furan rings is 1. The van der Waals surface area contributed by atoms with Gasteiger partial charge in [-0.15, -0.1) is 0 Å². The van der Waals surface area contributed by atoms with Gasteiger partial charge < -0.3 is 19.0 Å². The first-order valence-corrected chi connectivity index (χ1v) is 11.9. The van der Waals surface area contributed by atoms with E-state index in [9.17, 15) is 9.59 Å². The Balaban J connectivity index is 1.52. The van der Waals surface area contributed by atoms with Crippen LogP contribution in [0, 0.1) is 20.8 Å². The first kappa shape index (κ1) is 23.4. The Morgan fingerprint density at radius 1 is 1.15 bits per heavy atom. The SMILES string of the molecule is CC(=O)N(C)C1CCN(C(=O)c2ccc(Cc3c(C)c(C)c4c(c3C)CCC(C)(C)O4)o2)C1. The third kappa shape index (κ3) is 4.40. The third-order valence-corrected chi connectivity index (χ3v) is 7.61. The second-order valence-electron chi connectivity index (χ2n) is 10.3. The van der Waals surface area contributed by atoms with E-state index in [0.717, 1.165) is 30.8 Å². The van der Waals surface area contributed by atoms with Gasteiger partial charge in [-0.3, -0.25) is 9.59 Å². The number of fused-ring (bicyclic) bond motifs is 1. The maximum atomic E-state index is 13.0. The molecule has 3 heterocycles.